The number of hydrogen-bond acceptors (Lipinski definition) is 4. The van der Waals surface area contributed by atoms with Crippen molar-refractivity contribution < 1.29 is 15.0 Å². The van der Waals surface area contributed by atoms with Crippen molar-refractivity contribution in [1.82, 2.24) is 4.98 Å². The SMILES string of the molecule is CC(CCCO)Nc1cccnc1C(=O)O. The molecular weight excluding hydrogens is 208 g/mol. The summed E-state index contributed by atoms with van der Waals surface area (Å²) in [4.78, 5) is 14.7. The van der Waals surface area contributed by atoms with E-state index in [9.17, 15) is 4.79 Å². The minimum atomic E-state index is -1.04. The van der Waals surface area contributed by atoms with E-state index in [0.717, 1.165) is 6.42 Å². The van der Waals surface area contributed by atoms with E-state index in [-0.39, 0.29) is 18.3 Å². The maximum absolute atomic E-state index is 10.9. The van der Waals surface area contributed by atoms with Gasteiger partial charge < -0.3 is 15.5 Å². The van der Waals surface area contributed by atoms with Gasteiger partial charge in [-0.3, -0.25) is 0 Å². The first-order valence-electron chi connectivity index (χ1n) is 5.21. The van der Waals surface area contributed by atoms with Crippen LogP contribution < -0.4 is 5.32 Å². The molecule has 1 heterocycles. The lowest BCUT2D eigenvalue weighted by Crippen LogP contribution is -2.18. The number of anilines is 1. The maximum Gasteiger partial charge on any atom is 0.356 e. The Bertz CT molecular complexity index is 355. The number of rotatable bonds is 6. The van der Waals surface area contributed by atoms with Crippen molar-refractivity contribution in [2.75, 3.05) is 11.9 Å². The molecule has 0 saturated heterocycles. The lowest BCUT2D eigenvalue weighted by molar-refractivity contribution is 0.0691. The summed E-state index contributed by atoms with van der Waals surface area (Å²) in [7, 11) is 0. The second-order valence-electron chi connectivity index (χ2n) is 3.62. The second kappa shape index (κ2) is 6.07. The number of carboxylic acids is 1. The van der Waals surface area contributed by atoms with Crippen LogP contribution in [0.15, 0.2) is 18.3 Å². The zero-order chi connectivity index (χ0) is 12.0. The van der Waals surface area contributed by atoms with Gasteiger partial charge in [0.05, 0.1) is 5.69 Å². The van der Waals surface area contributed by atoms with Crippen LogP contribution in [0.2, 0.25) is 0 Å². The van der Waals surface area contributed by atoms with Crippen LogP contribution in [0.4, 0.5) is 5.69 Å². The summed E-state index contributed by atoms with van der Waals surface area (Å²) in [6, 6.07) is 3.48. The van der Waals surface area contributed by atoms with E-state index in [4.69, 9.17) is 10.2 Å². The lowest BCUT2D eigenvalue weighted by atomic mass is 10.1. The first-order valence-corrected chi connectivity index (χ1v) is 5.21. The molecular formula is C11H16N2O3. The van der Waals surface area contributed by atoms with Crippen molar-refractivity contribution in [1.29, 1.82) is 0 Å². The van der Waals surface area contributed by atoms with Crippen molar-refractivity contribution >= 4 is 11.7 Å². The molecule has 0 fully saturated rings. The van der Waals surface area contributed by atoms with Crippen LogP contribution in [0.1, 0.15) is 30.3 Å². The van der Waals surface area contributed by atoms with Gasteiger partial charge in [-0.1, -0.05) is 0 Å². The zero-order valence-corrected chi connectivity index (χ0v) is 9.18. The molecule has 1 aromatic heterocycles. The Morgan fingerprint density at radius 3 is 3.00 bits per heavy atom. The fourth-order valence-electron chi connectivity index (χ4n) is 1.43. The molecule has 5 nitrogen and oxygen atoms in total. The van der Waals surface area contributed by atoms with E-state index < -0.39 is 5.97 Å². The summed E-state index contributed by atoms with van der Waals surface area (Å²) in [6.07, 6.45) is 2.92. The Balaban J connectivity index is 2.69. The van der Waals surface area contributed by atoms with Crippen molar-refractivity contribution in [3.63, 3.8) is 0 Å². The van der Waals surface area contributed by atoms with Crippen LogP contribution in [0, 0.1) is 0 Å². The maximum atomic E-state index is 10.9. The molecule has 0 amide bonds. The topological polar surface area (TPSA) is 82.5 Å². The quantitative estimate of drug-likeness (QED) is 0.679. The average Bonchev–Trinajstić information content (AvgIpc) is 2.27. The highest BCUT2D eigenvalue weighted by molar-refractivity contribution is 5.91. The minimum Gasteiger partial charge on any atom is -0.476 e. The molecule has 0 aliphatic heterocycles. The molecule has 1 unspecified atom stereocenters. The van der Waals surface area contributed by atoms with E-state index >= 15 is 0 Å². The molecule has 1 atom stereocenters. The third-order valence-corrected chi connectivity index (χ3v) is 2.21. The molecule has 5 heteroatoms. The van der Waals surface area contributed by atoms with Gasteiger partial charge in [-0.2, -0.15) is 0 Å². The molecule has 0 aliphatic carbocycles. The molecule has 0 saturated carbocycles. The molecule has 3 N–H and O–H groups in total. The first kappa shape index (κ1) is 12.4. The fraction of sp³-hybridized carbons (Fsp3) is 0.455. The Morgan fingerprint density at radius 1 is 1.62 bits per heavy atom. The summed E-state index contributed by atoms with van der Waals surface area (Å²) < 4.78 is 0. The predicted octanol–water partition coefficient (Wildman–Crippen LogP) is 1.35. The highest BCUT2D eigenvalue weighted by Crippen LogP contribution is 2.14. The number of nitrogens with one attached hydrogen (secondary N) is 1. The molecule has 0 spiro atoms. The normalized spacial score (nSPS) is 12.1. The Morgan fingerprint density at radius 2 is 2.38 bits per heavy atom. The lowest BCUT2D eigenvalue weighted by Gasteiger charge is -2.15. The summed E-state index contributed by atoms with van der Waals surface area (Å²) in [5.41, 5.74) is 0.541. The molecule has 0 radical (unpaired) electrons. The van der Waals surface area contributed by atoms with E-state index in [0.29, 0.717) is 12.1 Å². The summed E-state index contributed by atoms with van der Waals surface area (Å²) in [5.74, 6) is -1.04. The summed E-state index contributed by atoms with van der Waals surface area (Å²) in [5, 5.41) is 20.7. The highest BCUT2D eigenvalue weighted by Gasteiger charge is 2.12. The van der Waals surface area contributed by atoms with Crippen LogP contribution in [-0.2, 0) is 0 Å². The van der Waals surface area contributed by atoms with Gasteiger partial charge in [0, 0.05) is 18.8 Å². The zero-order valence-electron chi connectivity index (χ0n) is 9.18. The molecule has 1 aromatic rings. The Kier molecular flexibility index (Phi) is 4.72. The Hall–Kier alpha value is -1.62. The van der Waals surface area contributed by atoms with Gasteiger partial charge in [0.1, 0.15) is 0 Å². The van der Waals surface area contributed by atoms with Gasteiger partial charge in [0.2, 0.25) is 0 Å². The fourth-order valence-corrected chi connectivity index (χ4v) is 1.43. The third kappa shape index (κ3) is 3.51. The van der Waals surface area contributed by atoms with Crippen molar-refractivity contribution in [3.05, 3.63) is 24.0 Å². The van der Waals surface area contributed by atoms with E-state index in [1.807, 2.05) is 6.92 Å². The molecule has 0 bridgehead atoms. The van der Waals surface area contributed by atoms with Gasteiger partial charge in [-0.05, 0) is 31.9 Å². The molecule has 1 rings (SSSR count). The number of hydrogen-bond donors (Lipinski definition) is 3. The minimum absolute atomic E-state index is 0.0262. The van der Waals surface area contributed by atoms with Crippen molar-refractivity contribution in [3.8, 4) is 0 Å². The number of aromatic nitrogens is 1. The standard InChI is InChI=1S/C11H16N2O3/c1-8(4-3-7-14)13-9-5-2-6-12-10(9)11(15)16/h2,5-6,8,13-14H,3-4,7H2,1H3,(H,15,16). The van der Waals surface area contributed by atoms with E-state index in [1.54, 1.807) is 12.1 Å². The van der Waals surface area contributed by atoms with Crippen LogP contribution in [0.25, 0.3) is 0 Å². The highest BCUT2D eigenvalue weighted by atomic mass is 16.4. The van der Waals surface area contributed by atoms with Crippen molar-refractivity contribution in [2.45, 2.75) is 25.8 Å². The summed E-state index contributed by atoms with van der Waals surface area (Å²) >= 11 is 0. The Labute approximate surface area is 94.1 Å². The predicted molar refractivity (Wildman–Crippen MR) is 60.6 cm³/mol. The number of carboxylic acid groups (broad SMARTS) is 1. The van der Waals surface area contributed by atoms with E-state index in [2.05, 4.69) is 10.3 Å². The second-order valence-corrected chi connectivity index (χ2v) is 3.62. The summed E-state index contributed by atoms with van der Waals surface area (Å²) in [6.45, 7) is 2.08. The number of carbonyl (C=O) groups is 1. The third-order valence-electron chi connectivity index (χ3n) is 2.21. The number of pyridine rings is 1. The largest absolute Gasteiger partial charge is 0.476 e. The number of nitrogens with zero attached hydrogens (tertiary/aromatic N) is 1. The molecule has 88 valence electrons. The van der Waals surface area contributed by atoms with Crippen LogP contribution in [0.3, 0.4) is 0 Å². The van der Waals surface area contributed by atoms with Gasteiger partial charge >= 0.3 is 5.97 Å². The molecule has 0 aliphatic rings. The van der Waals surface area contributed by atoms with Gasteiger partial charge in [-0.15, -0.1) is 0 Å². The van der Waals surface area contributed by atoms with E-state index in [1.165, 1.54) is 6.20 Å². The number of aliphatic hydroxyl groups is 1. The molecule has 16 heavy (non-hydrogen) atoms. The average molecular weight is 224 g/mol. The van der Waals surface area contributed by atoms with Crippen LogP contribution >= 0.6 is 0 Å². The van der Waals surface area contributed by atoms with Crippen molar-refractivity contribution in [2.24, 2.45) is 0 Å². The van der Waals surface area contributed by atoms with Gasteiger partial charge in [-0.25, -0.2) is 9.78 Å². The monoisotopic (exact) mass is 224 g/mol. The van der Waals surface area contributed by atoms with Gasteiger partial charge in [0.25, 0.3) is 0 Å². The smallest absolute Gasteiger partial charge is 0.356 e. The first-order chi connectivity index (χ1) is 7.65. The molecule has 0 aromatic carbocycles. The number of aromatic carboxylic acids is 1. The van der Waals surface area contributed by atoms with Crippen LogP contribution in [-0.4, -0.2) is 33.8 Å². The van der Waals surface area contributed by atoms with Crippen LogP contribution in [0.5, 0.6) is 0 Å². The van der Waals surface area contributed by atoms with Gasteiger partial charge in [0.15, 0.2) is 5.69 Å². The number of aliphatic hydroxyl groups excluding tert-OH is 1.